The first kappa shape index (κ1) is 13.9. The van der Waals surface area contributed by atoms with E-state index in [1.54, 1.807) is 0 Å². The number of amides is 1. The first-order chi connectivity index (χ1) is 9.62. The monoisotopic (exact) mass is 292 g/mol. The highest BCUT2D eigenvalue weighted by Gasteiger charge is 2.57. The van der Waals surface area contributed by atoms with Crippen LogP contribution in [-0.4, -0.2) is 19.0 Å². The molecule has 1 aliphatic carbocycles. The van der Waals surface area contributed by atoms with E-state index in [0.29, 0.717) is 5.02 Å². The molecule has 1 aromatic carbocycles. The van der Waals surface area contributed by atoms with E-state index in [9.17, 15) is 4.79 Å². The highest BCUT2D eigenvalue weighted by atomic mass is 35.5. The van der Waals surface area contributed by atoms with Crippen molar-refractivity contribution in [2.75, 3.05) is 13.1 Å². The molecule has 108 valence electrons. The molecule has 1 amide bonds. The largest absolute Gasteiger partial charge is 0.349 e. The Labute approximate surface area is 125 Å². The Hall–Kier alpha value is -1.06. The van der Waals surface area contributed by atoms with E-state index in [0.717, 1.165) is 37.9 Å². The fourth-order valence-electron chi connectivity index (χ4n) is 3.41. The summed E-state index contributed by atoms with van der Waals surface area (Å²) in [5.74, 6) is 0.397. The molecule has 1 saturated heterocycles. The van der Waals surface area contributed by atoms with Crippen molar-refractivity contribution >= 4 is 17.5 Å². The Morgan fingerprint density at radius 3 is 2.80 bits per heavy atom. The van der Waals surface area contributed by atoms with Gasteiger partial charge in [0.05, 0.1) is 6.04 Å². The van der Waals surface area contributed by atoms with Gasteiger partial charge in [-0.05, 0) is 56.3 Å². The molecule has 2 N–H and O–H groups in total. The number of rotatable bonds is 3. The molecule has 0 radical (unpaired) electrons. The van der Waals surface area contributed by atoms with E-state index in [1.165, 1.54) is 0 Å². The number of benzene rings is 1. The van der Waals surface area contributed by atoms with Crippen LogP contribution in [-0.2, 0) is 4.79 Å². The highest BCUT2D eigenvalue weighted by molar-refractivity contribution is 6.31. The lowest BCUT2D eigenvalue weighted by molar-refractivity contribution is -0.123. The van der Waals surface area contributed by atoms with Crippen molar-refractivity contribution < 1.29 is 4.79 Å². The zero-order valence-electron chi connectivity index (χ0n) is 11.8. The summed E-state index contributed by atoms with van der Waals surface area (Å²) in [4.78, 5) is 12.4. The van der Waals surface area contributed by atoms with Crippen molar-refractivity contribution in [3.8, 4) is 0 Å². The van der Waals surface area contributed by atoms with E-state index in [1.807, 2.05) is 31.2 Å². The fraction of sp³-hybridized carbons (Fsp3) is 0.562. The molecule has 20 heavy (non-hydrogen) atoms. The van der Waals surface area contributed by atoms with E-state index in [4.69, 9.17) is 11.6 Å². The number of nitrogens with one attached hydrogen (secondary N) is 2. The van der Waals surface area contributed by atoms with Crippen molar-refractivity contribution in [3.05, 3.63) is 34.9 Å². The Morgan fingerprint density at radius 1 is 1.40 bits per heavy atom. The number of hydrogen-bond donors (Lipinski definition) is 2. The van der Waals surface area contributed by atoms with Crippen molar-refractivity contribution in [2.24, 2.45) is 11.3 Å². The number of hydrogen-bond acceptors (Lipinski definition) is 2. The molecule has 0 bridgehead atoms. The summed E-state index contributed by atoms with van der Waals surface area (Å²) in [6, 6.07) is 7.67. The van der Waals surface area contributed by atoms with Crippen LogP contribution in [0, 0.1) is 11.3 Å². The normalized spacial score (nSPS) is 25.2. The second-order valence-corrected chi connectivity index (χ2v) is 6.53. The van der Waals surface area contributed by atoms with Crippen LogP contribution in [0.25, 0.3) is 0 Å². The molecule has 3 rings (SSSR count). The molecule has 1 spiro atoms. The van der Waals surface area contributed by atoms with E-state index < -0.39 is 0 Å². The third-order valence-corrected chi connectivity index (χ3v) is 5.18. The molecular weight excluding hydrogens is 272 g/mol. The third-order valence-electron chi connectivity index (χ3n) is 4.84. The lowest BCUT2D eigenvalue weighted by atomic mass is 9.91. The quantitative estimate of drug-likeness (QED) is 0.899. The van der Waals surface area contributed by atoms with Gasteiger partial charge in [-0.1, -0.05) is 29.8 Å². The molecule has 2 fully saturated rings. The van der Waals surface area contributed by atoms with Crippen LogP contribution in [0.15, 0.2) is 24.3 Å². The third kappa shape index (κ3) is 2.57. The maximum Gasteiger partial charge on any atom is 0.224 e. The number of halogens is 1. The van der Waals surface area contributed by atoms with Gasteiger partial charge in [-0.3, -0.25) is 4.79 Å². The van der Waals surface area contributed by atoms with Gasteiger partial charge < -0.3 is 10.6 Å². The average molecular weight is 293 g/mol. The van der Waals surface area contributed by atoms with Gasteiger partial charge in [0.15, 0.2) is 0 Å². The topological polar surface area (TPSA) is 41.1 Å². The maximum atomic E-state index is 12.4. The predicted octanol–water partition coefficient (Wildman–Crippen LogP) is 2.91. The van der Waals surface area contributed by atoms with Crippen LogP contribution < -0.4 is 10.6 Å². The summed E-state index contributed by atoms with van der Waals surface area (Å²) in [7, 11) is 0. The summed E-state index contributed by atoms with van der Waals surface area (Å²) in [6.07, 6.45) is 3.31. The first-order valence-electron chi connectivity index (χ1n) is 7.38. The molecule has 1 aliphatic heterocycles. The minimum Gasteiger partial charge on any atom is -0.349 e. The lowest BCUT2D eigenvalue weighted by Crippen LogP contribution is -2.34. The van der Waals surface area contributed by atoms with Crippen molar-refractivity contribution in [2.45, 2.75) is 32.2 Å². The summed E-state index contributed by atoms with van der Waals surface area (Å²) in [5, 5.41) is 7.21. The number of carbonyl (C=O) groups is 1. The van der Waals surface area contributed by atoms with Crippen LogP contribution in [0.1, 0.15) is 37.8 Å². The summed E-state index contributed by atoms with van der Waals surface area (Å²) in [5.41, 5.74) is 1.28. The van der Waals surface area contributed by atoms with Crippen molar-refractivity contribution in [1.29, 1.82) is 0 Å². The van der Waals surface area contributed by atoms with Crippen LogP contribution in [0.5, 0.6) is 0 Å². The lowest BCUT2D eigenvalue weighted by Gasteiger charge is -2.24. The maximum absolute atomic E-state index is 12.4. The molecule has 2 atom stereocenters. The van der Waals surface area contributed by atoms with E-state index in [2.05, 4.69) is 10.6 Å². The number of piperidine rings is 1. The Kier molecular flexibility index (Phi) is 3.74. The van der Waals surface area contributed by atoms with Gasteiger partial charge in [-0.15, -0.1) is 0 Å². The molecule has 1 heterocycles. The van der Waals surface area contributed by atoms with Gasteiger partial charge in [0.1, 0.15) is 0 Å². The van der Waals surface area contributed by atoms with Gasteiger partial charge in [0.25, 0.3) is 0 Å². The van der Waals surface area contributed by atoms with Crippen LogP contribution in [0.3, 0.4) is 0 Å². The summed E-state index contributed by atoms with van der Waals surface area (Å²) >= 11 is 6.18. The van der Waals surface area contributed by atoms with Crippen LogP contribution in [0.4, 0.5) is 0 Å². The van der Waals surface area contributed by atoms with Gasteiger partial charge in [-0.2, -0.15) is 0 Å². The zero-order valence-corrected chi connectivity index (χ0v) is 12.5. The standard InChI is InChI=1S/C16H21ClN2O/c1-11(12-4-2-3-5-14(12)17)19-15(20)13-10-16(13)6-8-18-9-7-16/h2-5,11,13,18H,6-10H2,1H3,(H,19,20)/t11-,13?/m1/s1. The van der Waals surface area contributed by atoms with Gasteiger partial charge in [0, 0.05) is 10.9 Å². The molecule has 1 unspecified atom stereocenters. The smallest absolute Gasteiger partial charge is 0.224 e. The minimum atomic E-state index is -0.0319. The van der Waals surface area contributed by atoms with E-state index in [-0.39, 0.29) is 23.3 Å². The van der Waals surface area contributed by atoms with Gasteiger partial charge >= 0.3 is 0 Å². The van der Waals surface area contributed by atoms with Crippen molar-refractivity contribution in [3.63, 3.8) is 0 Å². The van der Waals surface area contributed by atoms with Crippen LogP contribution in [0.2, 0.25) is 5.02 Å². The molecule has 3 nitrogen and oxygen atoms in total. The van der Waals surface area contributed by atoms with Crippen molar-refractivity contribution in [1.82, 2.24) is 10.6 Å². The Morgan fingerprint density at radius 2 is 2.10 bits per heavy atom. The highest BCUT2D eigenvalue weighted by Crippen LogP contribution is 2.58. The predicted molar refractivity (Wildman–Crippen MR) is 80.7 cm³/mol. The summed E-state index contributed by atoms with van der Waals surface area (Å²) < 4.78 is 0. The second kappa shape index (κ2) is 5.38. The summed E-state index contributed by atoms with van der Waals surface area (Å²) in [6.45, 7) is 4.09. The van der Waals surface area contributed by atoms with E-state index >= 15 is 0 Å². The van der Waals surface area contributed by atoms with Crippen LogP contribution >= 0.6 is 11.6 Å². The SMILES string of the molecule is C[C@@H](NC(=O)C1CC12CCNCC2)c1ccccc1Cl. The van der Waals surface area contributed by atoms with Gasteiger partial charge in [-0.25, -0.2) is 0 Å². The molecular formula is C16H21ClN2O. The Bertz CT molecular complexity index is 511. The molecule has 2 aliphatic rings. The first-order valence-corrected chi connectivity index (χ1v) is 7.76. The molecule has 1 saturated carbocycles. The average Bonchev–Trinajstić information content (AvgIpc) is 3.13. The minimum absolute atomic E-state index is 0.0319. The number of carbonyl (C=O) groups excluding carboxylic acids is 1. The Balaban J connectivity index is 1.61. The molecule has 0 aromatic heterocycles. The molecule has 1 aromatic rings. The fourth-order valence-corrected chi connectivity index (χ4v) is 3.71. The zero-order chi connectivity index (χ0) is 14.2. The molecule has 4 heteroatoms. The second-order valence-electron chi connectivity index (χ2n) is 6.12. The van der Waals surface area contributed by atoms with Gasteiger partial charge in [0.2, 0.25) is 5.91 Å².